The van der Waals surface area contributed by atoms with Crippen LogP contribution in [-0.4, -0.2) is 18.1 Å². The summed E-state index contributed by atoms with van der Waals surface area (Å²) in [7, 11) is 1.96. The van der Waals surface area contributed by atoms with Gasteiger partial charge in [-0.3, -0.25) is 0 Å². The zero-order valence-electron chi connectivity index (χ0n) is 11.8. The standard InChI is InChI=1S/C15H20N2OS/c1-10(2)18-13-7-5-12(6-8-13)15(16-4)14-9-19-11(3)17-14/h5-10,15-16H,1-4H3. The van der Waals surface area contributed by atoms with Crippen molar-refractivity contribution >= 4 is 11.3 Å². The topological polar surface area (TPSA) is 34.1 Å². The molecule has 3 nitrogen and oxygen atoms in total. The summed E-state index contributed by atoms with van der Waals surface area (Å²) in [6, 6.07) is 8.34. The summed E-state index contributed by atoms with van der Waals surface area (Å²) in [5.41, 5.74) is 2.27. The molecule has 102 valence electrons. The molecule has 0 amide bonds. The predicted molar refractivity (Wildman–Crippen MR) is 80.0 cm³/mol. The molecule has 2 aromatic rings. The average molecular weight is 276 g/mol. The summed E-state index contributed by atoms with van der Waals surface area (Å²) >= 11 is 1.68. The molecule has 0 saturated heterocycles. The van der Waals surface area contributed by atoms with Gasteiger partial charge >= 0.3 is 0 Å². The maximum Gasteiger partial charge on any atom is 0.119 e. The number of ether oxygens (including phenoxy) is 1. The lowest BCUT2D eigenvalue weighted by Crippen LogP contribution is -2.18. The van der Waals surface area contributed by atoms with Gasteiger partial charge in [0.05, 0.1) is 22.8 Å². The number of aromatic nitrogens is 1. The Labute approximate surface area is 118 Å². The monoisotopic (exact) mass is 276 g/mol. The van der Waals surface area contributed by atoms with E-state index in [1.54, 1.807) is 11.3 Å². The Morgan fingerprint density at radius 3 is 2.37 bits per heavy atom. The van der Waals surface area contributed by atoms with Crippen molar-refractivity contribution in [2.75, 3.05) is 7.05 Å². The van der Waals surface area contributed by atoms with Crippen LogP contribution in [0, 0.1) is 6.92 Å². The molecule has 4 heteroatoms. The lowest BCUT2D eigenvalue weighted by atomic mass is 10.0. The van der Waals surface area contributed by atoms with Crippen LogP contribution in [0.5, 0.6) is 5.75 Å². The van der Waals surface area contributed by atoms with Gasteiger partial charge in [0, 0.05) is 5.38 Å². The van der Waals surface area contributed by atoms with Crippen molar-refractivity contribution in [1.29, 1.82) is 0 Å². The van der Waals surface area contributed by atoms with Crippen molar-refractivity contribution in [1.82, 2.24) is 10.3 Å². The first kappa shape index (κ1) is 14.0. The van der Waals surface area contributed by atoms with E-state index in [1.807, 2.05) is 40.0 Å². The number of nitrogens with zero attached hydrogens (tertiary/aromatic N) is 1. The van der Waals surface area contributed by atoms with Crippen molar-refractivity contribution in [3.63, 3.8) is 0 Å². The fourth-order valence-electron chi connectivity index (χ4n) is 2.01. The molecule has 0 fully saturated rings. The Balaban J connectivity index is 2.19. The molecule has 1 aromatic heterocycles. The van der Waals surface area contributed by atoms with Gasteiger partial charge < -0.3 is 10.1 Å². The zero-order valence-corrected chi connectivity index (χ0v) is 12.6. The molecular formula is C15H20N2OS. The quantitative estimate of drug-likeness (QED) is 0.907. The number of hydrogen-bond acceptors (Lipinski definition) is 4. The van der Waals surface area contributed by atoms with E-state index in [9.17, 15) is 0 Å². The molecule has 1 unspecified atom stereocenters. The van der Waals surface area contributed by atoms with Crippen LogP contribution < -0.4 is 10.1 Å². The zero-order chi connectivity index (χ0) is 13.8. The second kappa shape index (κ2) is 6.17. The normalized spacial score (nSPS) is 12.7. The van der Waals surface area contributed by atoms with Crippen molar-refractivity contribution < 1.29 is 4.74 Å². The van der Waals surface area contributed by atoms with Gasteiger partial charge in [-0.15, -0.1) is 11.3 Å². The second-order valence-electron chi connectivity index (χ2n) is 4.75. The molecule has 1 heterocycles. The average Bonchev–Trinajstić information content (AvgIpc) is 2.78. The van der Waals surface area contributed by atoms with E-state index in [0.717, 1.165) is 16.5 Å². The molecule has 0 radical (unpaired) electrons. The van der Waals surface area contributed by atoms with Gasteiger partial charge in [-0.05, 0) is 45.5 Å². The number of benzene rings is 1. The SMILES string of the molecule is CNC(c1ccc(OC(C)C)cc1)c1csc(C)n1. The minimum absolute atomic E-state index is 0.137. The summed E-state index contributed by atoms with van der Waals surface area (Å²) in [5.74, 6) is 0.906. The molecular weight excluding hydrogens is 256 g/mol. The maximum atomic E-state index is 5.66. The molecule has 19 heavy (non-hydrogen) atoms. The maximum absolute atomic E-state index is 5.66. The van der Waals surface area contributed by atoms with Crippen LogP contribution in [0.25, 0.3) is 0 Å². The Bertz CT molecular complexity index is 519. The first-order valence-electron chi connectivity index (χ1n) is 6.46. The largest absolute Gasteiger partial charge is 0.491 e. The van der Waals surface area contributed by atoms with Crippen molar-refractivity contribution in [3.8, 4) is 5.75 Å². The van der Waals surface area contributed by atoms with E-state index in [2.05, 4.69) is 27.8 Å². The van der Waals surface area contributed by atoms with Gasteiger partial charge in [-0.25, -0.2) is 4.98 Å². The highest BCUT2D eigenvalue weighted by Crippen LogP contribution is 2.25. The molecule has 0 spiro atoms. The molecule has 0 bridgehead atoms. The Morgan fingerprint density at radius 1 is 1.21 bits per heavy atom. The van der Waals surface area contributed by atoms with E-state index in [0.29, 0.717) is 0 Å². The van der Waals surface area contributed by atoms with Crippen LogP contribution in [0.1, 0.15) is 36.2 Å². The van der Waals surface area contributed by atoms with Crippen molar-refractivity contribution in [2.45, 2.75) is 32.9 Å². The molecule has 0 saturated carbocycles. The highest BCUT2D eigenvalue weighted by Gasteiger charge is 2.14. The lowest BCUT2D eigenvalue weighted by Gasteiger charge is -2.16. The third-order valence-electron chi connectivity index (χ3n) is 2.81. The number of thiazole rings is 1. The van der Waals surface area contributed by atoms with E-state index in [4.69, 9.17) is 4.74 Å². The highest BCUT2D eigenvalue weighted by molar-refractivity contribution is 7.09. The fraction of sp³-hybridized carbons (Fsp3) is 0.400. The first-order valence-corrected chi connectivity index (χ1v) is 7.34. The fourth-order valence-corrected chi connectivity index (χ4v) is 2.65. The van der Waals surface area contributed by atoms with Crippen LogP contribution >= 0.6 is 11.3 Å². The molecule has 1 aromatic carbocycles. The summed E-state index contributed by atoms with van der Waals surface area (Å²) in [5, 5.41) is 6.51. The third-order valence-corrected chi connectivity index (χ3v) is 3.60. The summed E-state index contributed by atoms with van der Waals surface area (Å²) in [4.78, 5) is 4.55. The van der Waals surface area contributed by atoms with E-state index in [1.165, 1.54) is 5.56 Å². The van der Waals surface area contributed by atoms with Gasteiger partial charge in [-0.1, -0.05) is 12.1 Å². The molecule has 1 atom stereocenters. The predicted octanol–water partition coefficient (Wildman–Crippen LogP) is 3.55. The Morgan fingerprint density at radius 2 is 1.89 bits per heavy atom. The van der Waals surface area contributed by atoms with Crippen LogP contribution in [0.15, 0.2) is 29.6 Å². The summed E-state index contributed by atoms with van der Waals surface area (Å²) in [6.45, 7) is 6.09. The lowest BCUT2D eigenvalue weighted by molar-refractivity contribution is 0.242. The Kier molecular flexibility index (Phi) is 4.56. The second-order valence-corrected chi connectivity index (χ2v) is 5.81. The van der Waals surface area contributed by atoms with Crippen LogP contribution in [-0.2, 0) is 0 Å². The molecule has 0 aliphatic carbocycles. The summed E-state index contributed by atoms with van der Waals surface area (Å²) < 4.78 is 5.66. The molecule has 2 rings (SSSR count). The number of rotatable bonds is 5. The van der Waals surface area contributed by atoms with Crippen LogP contribution in [0.2, 0.25) is 0 Å². The van der Waals surface area contributed by atoms with Crippen LogP contribution in [0.3, 0.4) is 0 Å². The Hall–Kier alpha value is -1.39. The van der Waals surface area contributed by atoms with Gasteiger partial charge in [0.1, 0.15) is 5.75 Å². The minimum atomic E-state index is 0.137. The van der Waals surface area contributed by atoms with E-state index >= 15 is 0 Å². The molecule has 0 aliphatic rings. The minimum Gasteiger partial charge on any atom is -0.491 e. The number of nitrogens with one attached hydrogen (secondary N) is 1. The third kappa shape index (κ3) is 3.55. The van der Waals surface area contributed by atoms with Gasteiger partial charge in [-0.2, -0.15) is 0 Å². The van der Waals surface area contributed by atoms with Crippen LogP contribution in [0.4, 0.5) is 0 Å². The van der Waals surface area contributed by atoms with Crippen molar-refractivity contribution in [2.24, 2.45) is 0 Å². The van der Waals surface area contributed by atoms with E-state index in [-0.39, 0.29) is 12.1 Å². The highest BCUT2D eigenvalue weighted by atomic mass is 32.1. The van der Waals surface area contributed by atoms with E-state index < -0.39 is 0 Å². The number of hydrogen-bond donors (Lipinski definition) is 1. The van der Waals surface area contributed by atoms with Crippen molar-refractivity contribution in [3.05, 3.63) is 45.9 Å². The number of aryl methyl sites for hydroxylation is 1. The summed E-state index contributed by atoms with van der Waals surface area (Å²) in [6.07, 6.45) is 0.201. The smallest absolute Gasteiger partial charge is 0.119 e. The first-order chi connectivity index (χ1) is 9.10. The van der Waals surface area contributed by atoms with Gasteiger partial charge in [0.15, 0.2) is 0 Å². The van der Waals surface area contributed by atoms with Gasteiger partial charge in [0.25, 0.3) is 0 Å². The molecule has 1 N–H and O–H groups in total. The van der Waals surface area contributed by atoms with Gasteiger partial charge in [0.2, 0.25) is 0 Å². The molecule has 0 aliphatic heterocycles.